The number of hydrogen-bond acceptors (Lipinski definition) is 5. The number of rotatable bonds is 5. The molecular formula is C21H19N3O4S. The maximum Gasteiger partial charge on any atom is 0.261 e. The van der Waals surface area contributed by atoms with Crippen molar-refractivity contribution in [3.63, 3.8) is 0 Å². The first-order valence-electron chi connectivity index (χ1n) is 9.11. The molecule has 29 heavy (non-hydrogen) atoms. The van der Waals surface area contributed by atoms with Crippen LogP contribution in [0.1, 0.15) is 5.56 Å². The van der Waals surface area contributed by atoms with Gasteiger partial charge in [-0.05, 0) is 23.8 Å². The highest BCUT2D eigenvalue weighted by molar-refractivity contribution is 7.94. The number of carbonyl (C=O) groups excluding carboxylic acids is 1. The molecule has 0 N–H and O–H groups in total. The van der Waals surface area contributed by atoms with Gasteiger partial charge >= 0.3 is 0 Å². The number of nitrogens with zero attached hydrogens (tertiary/aromatic N) is 3. The van der Waals surface area contributed by atoms with Gasteiger partial charge in [0.15, 0.2) is 9.84 Å². The number of fused-ring (bicyclic) bond motifs is 1. The van der Waals surface area contributed by atoms with Crippen molar-refractivity contribution in [3.8, 4) is 0 Å². The first-order chi connectivity index (χ1) is 13.9. The maximum atomic E-state index is 13.1. The quantitative estimate of drug-likeness (QED) is 0.640. The van der Waals surface area contributed by atoms with Crippen molar-refractivity contribution in [1.82, 2.24) is 14.5 Å². The maximum absolute atomic E-state index is 13.1. The average Bonchev–Trinajstić information content (AvgIpc) is 3.08. The molecule has 4 rings (SSSR count). The Kier molecular flexibility index (Phi) is 5.02. The summed E-state index contributed by atoms with van der Waals surface area (Å²) in [6.07, 6.45) is 2.88. The van der Waals surface area contributed by atoms with E-state index in [0.29, 0.717) is 10.9 Å². The first-order valence-corrected chi connectivity index (χ1v) is 10.8. The normalized spacial score (nSPS) is 17.4. The molecule has 1 atom stereocenters. The zero-order valence-corrected chi connectivity index (χ0v) is 16.3. The zero-order chi connectivity index (χ0) is 20.4. The molecule has 1 aromatic heterocycles. The van der Waals surface area contributed by atoms with Crippen LogP contribution in [0.15, 0.2) is 77.2 Å². The molecular weight excluding hydrogens is 390 g/mol. The summed E-state index contributed by atoms with van der Waals surface area (Å²) in [6.45, 7) is 0.0356. The highest BCUT2D eigenvalue weighted by Crippen LogP contribution is 2.18. The molecule has 8 heteroatoms. The monoisotopic (exact) mass is 409 g/mol. The second-order valence-corrected chi connectivity index (χ2v) is 8.86. The molecule has 0 spiro atoms. The minimum Gasteiger partial charge on any atom is -0.329 e. The lowest BCUT2D eigenvalue weighted by Gasteiger charge is -2.28. The Morgan fingerprint density at radius 3 is 2.55 bits per heavy atom. The van der Waals surface area contributed by atoms with Crippen molar-refractivity contribution in [3.05, 3.63) is 88.3 Å². The van der Waals surface area contributed by atoms with E-state index < -0.39 is 15.9 Å². The molecule has 148 valence electrons. The molecule has 0 radical (unpaired) electrons. The summed E-state index contributed by atoms with van der Waals surface area (Å²) in [4.78, 5) is 31.6. The van der Waals surface area contributed by atoms with Crippen LogP contribution < -0.4 is 5.56 Å². The van der Waals surface area contributed by atoms with Gasteiger partial charge in [-0.3, -0.25) is 14.2 Å². The van der Waals surface area contributed by atoms with Crippen molar-refractivity contribution in [1.29, 1.82) is 0 Å². The molecule has 1 aliphatic heterocycles. The van der Waals surface area contributed by atoms with E-state index in [-0.39, 0.29) is 30.3 Å². The molecule has 0 bridgehead atoms. The van der Waals surface area contributed by atoms with Crippen LogP contribution in [0.3, 0.4) is 0 Å². The second kappa shape index (κ2) is 7.63. The third kappa shape index (κ3) is 4.12. The van der Waals surface area contributed by atoms with Crippen LogP contribution in [0.25, 0.3) is 10.9 Å². The molecule has 0 fully saturated rings. The third-order valence-electron chi connectivity index (χ3n) is 4.86. The summed E-state index contributed by atoms with van der Waals surface area (Å²) in [5, 5.41) is 1.58. The van der Waals surface area contributed by atoms with E-state index in [4.69, 9.17) is 0 Å². The molecule has 1 amide bonds. The van der Waals surface area contributed by atoms with Crippen LogP contribution >= 0.6 is 0 Å². The molecule has 0 aliphatic carbocycles. The van der Waals surface area contributed by atoms with E-state index in [0.717, 1.165) is 11.0 Å². The summed E-state index contributed by atoms with van der Waals surface area (Å²) in [5.74, 6) is -0.504. The molecule has 1 aliphatic rings. The van der Waals surface area contributed by atoms with Gasteiger partial charge in [0, 0.05) is 12.0 Å². The largest absolute Gasteiger partial charge is 0.329 e. The van der Waals surface area contributed by atoms with Gasteiger partial charge < -0.3 is 4.90 Å². The van der Waals surface area contributed by atoms with E-state index >= 15 is 0 Å². The van der Waals surface area contributed by atoms with Gasteiger partial charge in [-0.25, -0.2) is 13.4 Å². The number of hydrogen-bond donors (Lipinski definition) is 0. The Bertz CT molecular complexity index is 1250. The summed E-state index contributed by atoms with van der Waals surface area (Å²) in [5.41, 5.74) is 1.13. The van der Waals surface area contributed by atoms with Crippen molar-refractivity contribution >= 4 is 26.6 Å². The fourth-order valence-corrected chi connectivity index (χ4v) is 4.68. The molecule has 7 nitrogen and oxygen atoms in total. The van der Waals surface area contributed by atoms with Crippen molar-refractivity contribution in [2.75, 3.05) is 5.75 Å². The van der Waals surface area contributed by atoms with Gasteiger partial charge in [0.25, 0.3) is 5.56 Å². The van der Waals surface area contributed by atoms with E-state index in [9.17, 15) is 18.0 Å². The number of amides is 1. The van der Waals surface area contributed by atoms with Crippen LogP contribution in [0.2, 0.25) is 0 Å². The lowest BCUT2D eigenvalue weighted by molar-refractivity contribution is -0.133. The van der Waals surface area contributed by atoms with Crippen LogP contribution in [-0.4, -0.2) is 40.6 Å². The lowest BCUT2D eigenvalue weighted by atomic mass is 10.1. The van der Waals surface area contributed by atoms with Gasteiger partial charge in [-0.1, -0.05) is 42.5 Å². The number of sulfone groups is 1. The smallest absolute Gasteiger partial charge is 0.261 e. The Balaban J connectivity index is 1.64. The Morgan fingerprint density at radius 2 is 1.83 bits per heavy atom. The highest BCUT2D eigenvalue weighted by atomic mass is 32.2. The Morgan fingerprint density at radius 1 is 1.10 bits per heavy atom. The molecule has 0 saturated carbocycles. The molecule has 2 aromatic carbocycles. The van der Waals surface area contributed by atoms with Crippen molar-refractivity contribution < 1.29 is 13.2 Å². The Hall–Kier alpha value is -3.26. The van der Waals surface area contributed by atoms with Crippen molar-refractivity contribution in [2.45, 2.75) is 19.1 Å². The predicted octanol–water partition coefficient (Wildman–Crippen LogP) is 1.74. The molecule has 0 unspecified atom stereocenters. The highest BCUT2D eigenvalue weighted by Gasteiger charge is 2.30. The van der Waals surface area contributed by atoms with Crippen LogP contribution in [-0.2, 0) is 27.7 Å². The van der Waals surface area contributed by atoms with E-state index in [2.05, 4.69) is 4.98 Å². The summed E-state index contributed by atoms with van der Waals surface area (Å²) >= 11 is 0. The first kappa shape index (κ1) is 19.1. The minimum atomic E-state index is -3.33. The van der Waals surface area contributed by atoms with Gasteiger partial charge in [0.05, 0.1) is 29.0 Å². The summed E-state index contributed by atoms with van der Waals surface area (Å²) < 4.78 is 25.0. The van der Waals surface area contributed by atoms with Crippen LogP contribution in [0.4, 0.5) is 0 Å². The van der Waals surface area contributed by atoms with Gasteiger partial charge in [-0.2, -0.15) is 0 Å². The Labute approximate surface area is 167 Å². The third-order valence-corrected chi connectivity index (χ3v) is 6.24. The fourth-order valence-electron chi connectivity index (χ4n) is 3.38. The molecule has 3 aromatic rings. The molecule has 2 heterocycles. The number of aromatic nitrogens is 2. The topological polar surface area (TPSA) is 89.3 Å². The lowest BCUT2D eigenvalue weighted by Crippen LogP contribution is -2.43. The van der Waals surface area contributed by atoms with Gasteiger partial charge in [-0.15, -0.1) is 0 Å². The SMILES string of the molecule is O=C(Cn1cnc2ccccc2c1=O)N(Cc1ccccc1)[C@H]1C=CS(=O)(=O)C1. The number of para-hydroxylation sites is 1. The van der Waals surface area contributed by atoms with Gasteiger partial charge in [0.2, 0.25) is 5.91 Å². The fraction of sp³-hybridized carbons (Fsp3) is 0.190. The van der Waals surface area contributed by atoms with E-state index in [1.807, 2.05) is 30.3 Å². The summed E-state index contributed by atoms with van der Waals surface area (Å²) in [6, 6.07) is 15.7. The minimum absolute atomic E-state index is 0.156. The summed E-state index contributed by atoms with van der Waals surface area (Å²) in [7, 11) is -3.33. The van der Waals surface area contributed by atoms with Gasteiger partial charge in [0.1, 0.15) is 6.54 Å². The standard InChI is InChI=1S/C21H19N3O4S/c25-20(13-23-15-22-19-9-5-4-8-18(19)21(23)26)24(12-16-6-2-1-3-7-16)17-10-11-29(27,28)14-17/h1-11,15,17H,12-14H2/t17-/m0/s1. The number of carbonyl (C=O) groups is 1. The van der Waals surface area contributed by atoms with Crippen molar-refractivity contribution in [2.24, 2.45) is 0 Å². The predicted molar refractivity (Wildman–Crippen MR) is 110 cm³/mol. The zero-order valence-electron chi connectivity index (χ0n) is 15.5. The molecule has 0 saturated heterocycles. The number of benzene rings is 2. The second-order valence-electron chi connectivity index (χ2n) is 6.93. The van der Waals surface area contributed by atoms with Crippen LogP contribution in [0.5, 0.6) is 0 Å². The average molecular weight is 409 g/mol. The van der Waals surface area contributed by atoms with Crippen LogP contribution in [0, 0.1) is 0 Å². The van der Waals surface area contributed by atoms with E-state index in [1.54, 1.807) is 24.3 Å². The van der Waals surface area contributed by atoms with E-state index in [1.165, 1.54) is 21.9 Å².